The first-order chi connectivity index (χ1) is 13.6. The molecule has 3 rings (SSSR count). The summed E-state index contributed by atoms with van der Waals surface area (Å²) >= 11 is 0. The van der Waals surface area contributed by atoms with Crippen molar-refractivity contribution in [3.63, 3.8) is 0 Å². The van der Waals surface area contributed by atoms with Crippen molar-refractivity contribution in [3.8, 4) is 5.75 Å². The molecule has 6 heteroatoms. The van der Waals surface area contributed by atoms with Gasteiger partial charge in [-0.05, 0) is 29.2 Å². The Bertz CT molecular complexity index is 965. The van der Waals surface area contributed by atoms with Crippen LogP contribution in [-0.4, -0.2) is 32.6 Å². The predicted octanol–water partition coefficient (Wildman–Crippen LogP) is 3.58. The van der Waals surface area contributed by atoms with Gasteiger partial charge in [0.05, 0.1) is 0 Å². The van der Waals surface area contributed by atoms with Gasteiger partial charge >= 0.3 is 5.97 Å². The summed E-state index contributed by atoms with van der Waals surface area (Å²) in [6.45, 7) is 9.98. The number of phenols is 1. The summed E-state index contributed by atoms with van der Waals surface area (Å²) in [7, 11) is 0. The normalized spacial score (nSPS) is 10.9. The molecule has 0 aromatic heterocycles. The molecule has 3 aromatic rings. The van der Waals surface area contributed by atoms with Crippen molar-refractivity contribution in [3.05, 3.63) is 100 Å². The highest BCUT2D eigenvalue weighted by Crippen LogP contribution is 2.44. The van der Waals surface area contributed by atoms with Gasteiger partial charge in [-0.15, -0.1) is 0 Å². The smallest absolute Gasteiger partial charge is 0.339 e. The Morgan fingerprint density at radius 1 is 0.719 bits per heavy atom. The van der Waals surface area contributed by atoms with Gasteiger partial charge in [-0.1, -0.05) is 94.4 Å². The van der Waals surface area contributed by atoms with Crippen LogP contribution in [0.3, 0.4) is 0 Å². The van der Waals surface area contributed by atoms with Gasteiger partial charge in [-0.2, -0.15) is 0 Å². The Balaban J connectivity index is 0.00000320. The van der Waals surface area contributed by atoms with E-state index in [9.17, 15) is 15.0 Å². The Morgan fingerprint density at radius 3 is 1.47 bits per heavy atom. The van der Waals surface area contributed by atoms with E-state index < -0.39 is 16.8 Å². The lowest BCUT2D eigenvalue weighted by atomic mass is 9.70. The van der Waals surface area contributed by atoms with Crippen molar-refractivity contribution < 1.29 is 31.4 Å². The van der Waals surface area contributed by atoms with Crippen LogP contribution in [0.25, 0.3) is 0 Å². The molecular weight excluding hydrogens is 408 g/mol. The summed E-state index contributed by atoms with van der Waals surface area (Å²) in [5, 5.41) is 20.9. The average molecular weight is 443 g/mol. The highest BCUT2D eigenvalue weighted by Gasteiger charge is 2.35. The molecule has 174 valence electrons. The summed E-state index contributed by atoms with van der Waals surface area (Å²) in [4.78, 5) is 12.1. The monoisotopic (exact) mass is 442 g/mol. The molecule has 0 spiro atoms. The third-order valence-corrected chi connectivity index (χ3v) is 6.11. The van der Waals surface area contributed by atoms with E-state index in [2.05, 4.69) is 26.0 Å². The maximum absolute atomic E-state index is 12.1. The average Bonchev–Trinajstić information content (AvgIpc) is 2.68. The summed E-state index contributed by atoms with van der Waals surface area (Å²) in [6.07, 6.45) is 0. The van der Waals surface area contributed by atoms with E-state index in [0.29, 0.717) is 11.1 Å². The van der Waals surface area contributed by atoms with E-state index in [0.717, 1.165) is 16.7 Å². The topological polar surface area (TPSA) is 152 Å². The number of hydrogen-bond donors (Lipinski definition) is 2. The van der Waals surface area contributed by atoms with Crippen molar-refractivity contribution in [1.82, 2.24) is 0 Å². The molecule has 0 aliphatic heterocycles. The van der Waals surface area contributed by atoms with Crippen LogP contribution in [0.5, 0.6) is 5.75 Å². The zero-order valence-corrected chi connectivity index (χ0v) is 19.2. The molecule has 32 heavy (non-hydrogen) atoms. The third kappa shape index (κ3) is 4.83. The summed E-state index contributed by atoms with van der Waals surface area (Å²) < 4.78 is 0. The predicted molar refractivity (Wildman–Crippen MR) is 128 cm³/mol. The number of carbonyl (C=O) groups is 1. The van der Waals surface area contributed by atoms with E-state index in [4.69, 9.17) is 0 Å². The van der Waals surface area contributed by atoms with Crippen LogP contribution in [0.15, 0.2) is 66.7 Å². The largest absolute Gasteiger partial charge is 0.507 e. The molecule has 0 atom stereocenters. The van der Waals surface area contributed by atoms with E-state index in [-0.39, 0.29) is 27.7 Å². The van der Waals surface area contributed by atoms with Gasteiger partial charge in [0.2, 0.25) is 0 Å². The van der Waals surface area contributed by atoms with Crippen molar-refractivity contribution in [1.29, 1.82) is 0 Å². The molecular formula is C26H34O6. The summed E-state index contributed by atoms with van der Waals surface area (Å²) in [6, 6.07) is 21.9. The fraction of sp³-hybridized carbons (Fsp3) is 0.269. The molecule has 0 radical (unpaired) electrons. The Labute approximate surface area is 189 Å². The Kier molecular flexibility index (Phi) is 9.38. The fourth-order valence-corrected chi connectivity index (χ4v) is 4.18. The van der Waals surface area contributed by atoms with Gasteiger partial charge in [0.15, 0.2) is 0 Å². The number of carboxylic acid groups (broad SMARTS) is 1. The zero-order valence-electron chi connectivity index (χ0n) is 19.2. The highest BCUT2D eigenvalue weighted by atomic mass is 16.4. The van der Waals surface area contributed by atoms with Crippen molar-refractivity contribution in [2.24, 2.45) is 0 Å². The standard InChI is InChI=1S/C26H28O3.3H2O/c1-17-20(25(2,3)18-12-8-6-9-13-18)16-21(23(27)22(17)24(28)29)26(4,5)19-14-10-7-11-15-19;;;/h6-16,27H,1-5H3,(H,28,29);3*1H2. The summed E-state index contributed by atoms with van der Waals surface area (Å²) in [5.74, 6) is -1.27. The third-order valence-electron chi connectivity index (χ3n) is 6.11. The fourth-order valence-electron chi connectivity index (χ4n) is 4.18. The molecule has 3 aromatic carbocycles. The van der Waals surface area contributed by atoms with Crippen molar-refractivity contribution in [2.45, 2.75) is 45.4 Å². The first kappa shape index (κ1) is 28.8. The van der Waals surface area contributed by atoms with Crippen LogP contribution in [0.4, 0.5) is 0 Å². The van der Waals surface area contributed by atoms with Gasteiger partial charge in [-0.25, -0.2) is 4.79 Å². The second-order valence-corrected chi connectivity index (χ2v) is 8.61. The first-order valence-corrected chi connectivity index (χ1v) is 9.80. The molecule has 0 fully saturated rings. The number of aromatic hydroxyl groups is 1. The minimum atomic E-state index is -1.11. The Morgan fingerprint density at radius 2 is 1.09 bits per heavy atom. The SMILES string of the molecule is Cc1c(C(C)(C)c2ccccc2)cc(C(C)(C)c2ccccc2)c(O)c1C(=O)O.O.O.O. The lowest BCUT2D eigenvalue weighted by Gasteiger charge is -2.33. The molecule has 0 aliphatic carbocycles. The number of carboxylic acids is 1. The van der Waals surface area contributed by atoms with E-state index in [1.165, 1.54) is 0 Å². The highest BCUT2D eigenvalue weighted by molar-refractivity contribution is 5.94. The van der Waals surface area contributed by atoms with E-state index in [1.54, 1.807) is 6.92 Å². The van der Waals surface area contributed by atoms with Crippen molar-refractivity contribution in [2.75, 3.05) is 0 Å². The van der Waals surface area contributed by atoms with Crippen LogP contribution in [0.1, 0.15) is 65.9 Å². The van der Waals surface area contributed by atoms with Gasteiger partial charge in [0, 0.05) is 16.4 Å². The van der Waals surface area contributed by atoms with Crippen LogP contribution < -0.4 is 0 Å². The minimum Gasteiger partial charge on any atom is -0.507 e. The molecule has 0 aliphatic rings. The van der Waals surface area contributed by atoms with Gasteiger partial charge < -0.3 is 26.6 Å². The van der Waals surface area contributed by atoms with E-state index >= 15 is 0 Å². The lowest BCUT2D eigenvalue weighted by molar-refractivity contribution is 0.0692. The van der Waals surface area contributed by atoms with Gasteiger partial charge in [-0.3, -0.25) is 0 Å². The molecule has 0 saturated heterocycles. The van der Waals surface area contributed by atoms with Crippen LogP contribution in [-0.2, 0) is 10.8 Å². The molecule has 0 amide bonds. The van der Waals surface area contributed by atoms with Crippen molar-refractivity contribution >= 4 is 5.97 Å². The molecule has 8 N–H and O–H groups in total. The maximum atomic E-state index is 12.1. The van der Waals surface area contributed by atoms with E-state index in [1.807, 2.05) is 68.4 Å². The zero-order chi connectivity index (χ0) is 21.4. The molecule has 0 heterocycles. The number of hydrogen-bond acceptors (Lipinski definition) is 2. The van der Waals surface area contributed by atoms with Gasteiger partial charge in [0.25, 0.3) is 0 Å². The van der Waals surface area contributed by atoms with Gasteiger partial charge in [0.1, 0.15) is 11.3 Å². The number of rotatable bonds is 5. The second kappa shape index (κ2) is 10.4. The molecule has 0 unspecified atom stereocenters. The lowest BCUT2D eigenvalue weighted by Crippen LogP contribution is -2.26. The minimum absolute atomic E-state index is 0. The second-order valence-electron chi connectivity index (χ2n) is 8.61. The first-order valence-electron chi connectivity index (χ1n) is 9.80. The number of benzene rings is 3. The number of aromatic carboxylic acids is 1. The molecule has 6 nitrogen and oxygen atoms in total. The van der Waals surface area contributed by atoms with Crippen LogP contribution in [0, 0.1) is 6.92 Å². The quantitative estimate of drug-likeness (QED) is 0.621. The Hall–Kier alpha value is -3.19. The van der Waals surface area contributed by atoms with Crippen LogP contribution >= 0.6 is 0 Å². The van der Waals surface area contributed by atoms with Crippen LogP contribution in [0.2, 0.25) is 0 Å². The maximum Gasteiger partial charge on any atom is 0.339 e. The molecule has 0 saturated carbocycles. The molecule has 0 bridgehead atoms. The summed E-state index contributed by atoms with van der Waals surface area (Å²) in [5.41, 5.74) is 3.20.